The first kappa shape index (κ1) is 25.9. The van der Waals surface area contributed by atoms with Crippen LogP contribution in [0.3, 0.4) is 0 Å². The van der Waals surface area contributed by atoms with Crippen molar-refractivity contribution in [3.8, 4) is 5.75 Å². The summed E-state index contributed by atoms with van der Waals surface area (Å²) in [5.74, 6) is 0.482. The van der Waals surface area contributed by atoms with E-state index in [0.29, 0.717) is 11.3 Å². The van der Waals surface area contributed by atoms with Crippen molar-refractivity contribution in [3.05, 3.63) is 29.8 Å². The number of halogens is 2. The number of piperazine rings is 1. The van der Waals surface area contributed by atoms with Crippen LogP contribution in [-0.2, 0) is 4.74 Å². The highest BCUT2D eigenvalue weighted by molar-refractivity contribution is 5.94. The van der Waals surface area contributed by atoms with Crippen molar-refractivity contribution in [2.24, 2.45) is 0 Å². The number of methoxy groups -OCH3 is 1. The molecule has 29 heavy (non-hydrogen) atoms. The largest absolute Gasteiger partial charge is 0.497 e. The van der Waals surface area contributed by atoms with E-state index in [9.17, 15) is 15.0 Å². The van der Waals surface area contributed by atoms with E-state index in [-0.39, 0.29) is 56.0 Å². The van der Waals surface area contributed by atoms with Crippen LogP contribution in [0, 0.1) is 0 Å². The van der Waals surface area contributed by atoms with Crippen LogP contribution in [0.2, 0.25) is 0 Å². The molecule has 4 atom stereocenters. The first-order valence-electron chi connectivity index (χ1n) is 9.32. The van der Waals surface area contributed by atoms with Crippen LogP contribution >= 0.6 is 24.8 Å². The van der Waals surface area contributed by atoms with Gasteiger partial charge in [-0.05, 0) is 31.3 Å². The quantitative estimate of drug-likeness (QED) is 0.560. The number of aliphatic hydroxyl groups is 2. The fourth-order valence-electron chi connectivity index (χ4n) is 3.75. The lowest BCUT2D eigenvalue weighted by atomic mass is 10.0. The Labute approximate surface area is 184 Å². The molecule has 1 aromatic rings. The van der Waals surface area contributed by atoms with Crippen molar-refractivity contribution >= 4 is 30.7 Å². The predicted molar refractivity (Wildman–Crippen MR) is 114 cm³/mol. The minimum Gasteiger partial charge on any atom is -0.497 e. The molecule has 2 saturated heterocycles. The van der Waals surface area contributed by atoms with Crippen molar-refractivity contribution in [3.63, 3.8) is 0 Å². The number of rotatable bonds is 6. The Morgan fingerprint density at radius 1 is 1.17 bits per heavy atom. The lowest BCUT2D eigenvalue weighted by Crippen LogP contribution is -2.56. The number of carbonyl (C=O) groups excluding carboxylic acids is 1. The van der Waals surface area contributed by atoms with E-state index in [1.807, 2.05) is 0 Å². The van der Waals surface area contributed by atoms with Crippen molar-refractivity contribution < 1.29 is 24.5 Å². The van der Waals surface area contributed by atoms with E-state index >= 15 is 0 Å². The number of nitrogens with one attached hydrogen (secondary N) is 1. The Kier molecular flexibility index (Phi) is 10.6. The molecule has 1 aromatic carbocycles. The number of benzene rings is 1. The molecule has 3 N–H and O–H groups in total. The van der Waals surface area contributed by atoms with Gasteiger partial charge >= 0.3 is 0 Å². The van der Waals surface area contributed by atoms with Gasteiger partial charge in [-0.2, -0.15) is 0 Å². The summed E-state index contributed by atoms with van der Waals surface area (Å²) >= 11 is 0. The van der Waals surface area contributed by atoms with E-state index in [2.05, 4.69) is 22.2 Å². The Hall–Kier alpha value is -1.13. The lowest BCUT2D eigenvalue weighted by Gasteiger charge is -2.39. The van der Waals surface area contributed by atoms with Gasteiger partial charge in [0.05, 0.1) is 25.9 Å². The fraction of sp³-hybridized carbons (Fsp3) is 0.632. The topological polar surface area (TPSA) is 94.5 Å². The summed E-state index contributed by atoms with van der Waals surface area (Å²) in [5, 5.41) is 23.0. The molecular formula is C19H31Cl2N3O5. The molecule has 2 fully saturated rings. The van der Waals surface area contributed by atoms with Gasteiger partial charge in [0.15, 0.2) is 0 Å². The lowest BCUT2D eigenvalue weighted by molar-refractivity contribution is -0.0209. The zero-order valence-electron chi connectivity index (χ0n) is 16.7. The second kappa shape index (κ2) is 11.9. The average molecular weight is 452 g/mol. The second-order valence-corrected chi connectivity index (χ2v) is 7.15. The predicted octanol–water partition coefficient (Wildman–Crippen LogP) is 0.00520. The normalized spacial score (nSPS) is 27.6. The molecule has 0 radical (unpaired) electrons. The number of aliphatic hydroxyl groups excluding tert-OH is 2. The first-order chi connectivity index (χ1) is 13.0. The van der Waals surface area contributed by atoms with Gasteiger partial charge in [-0.15, -0.1) is 24.8 Å². The third-order valence-corrected chi connectivity index (χ3v) is 5.42. The van der Waals surface area contributed by atoms with Gasteiger partial charge in [0.2, 0.25) is 0 Å². The summed E-state index contributed by atoms with van der Waals surface area (Å²) in [6.45, 7) is 3.50. The Morgan fingerprint density at radius 3 is 2.34 bits per heavy atom. The number of likely N-dealkylation sites (N-methyl/N-ethyl adjacent to an activating group) is 1. The standard InChI is InChI=1S/C19H29N3O5.2ClH/c1-21-7-9-22(10-8-21)17-15(27-16(12-23)18(17)24)11-20-19(25)13-3-5-14(26-2)6-4-13;;/h3-6,15-18,23-24H,7-12H2,1-2H3,(H,20,25);2*1H/t15-,16+,17+,18-;;/m1../s1. The van der Waals surface area contributed by atoms with Crippen LogP contribution in [0.1, 0.15) is 10.4 Å². The first-order valence-corrected chi connectivity index (χ1v) is 9.32. The maximum Gasteiger partial charge on any atom is 0.251 e. The maximum atomic E-state index is 12.4. The Bertz CT molecular complexity index is 629. The van der Waals surface area contributed by atoms with Crippen LogP contribution < -0.4 is 10.1 Å². The highest BCUT2D eigenvalue weighted by Crippen LogP contribution is 2.26. The molecule has 3 rings (SSSR count). The minimum absolute atomic E-state index is 0. The van der Waals surface area contributed by atoms with Gasteiger partial charge in [-0.3, -0.25) is 9.69 Å². The van der Waals surface area contributed by atoms with Crippen LogP contribution in [0.5, 0.6) is 5.75 Å². The van der Waals surface area contributed by atoms with E-state index < -0.39 is 12.2 Å². The molecule has 0 aliphatic carbocycles. The molecule has 0 spiro atoms. The molecule has 0 aromatic heterocycles. The summed E-state index contributed by atoms with van der Waals surface area (Å²) in [6.07, 6.45) is -1.78. The molecule has 0 unspecified atom stereocenters. The Balaban J connectivity index is 0.00000210. The van der Waals surface area contributed by atoms with Crippen LogP contribution in [-0.4, -0.2) is 104 Å². The van der Waals surface area contributed by atoms with Crippen LogP contribution in [0.15, 0.2) is 24.3 Å². The van der Waals surface area contributed by atoms with Crippen LogP contribution in [0.4, 0.5) is 0 Å². The fourth-order valence-corrected chi connectivity index (χ4v) is 3.75. The molecule has 2 aliphatic heterocycles. The van der Waals surface area contributed by atoms with Crippen molar-refractivity contribution in [1.82, 2.24) is 15.1 Å². The van der Waals surface area contributed by atoms with Gasteiger partial charge in [0.25, 0.3) is 5.91 Å². The third kappa shape index (κ3) is 6.18. The van der Waals surface area contributed by atoms with E-state index in [1.165, 1.54) is 0 Å². The number of nitrogens with zero attached hydrogens (tertiary/aromatic N) is 2. The zero-order chi connectivity index (χ0) is 19.4. The molecular weight excluding hydrogens is 421 g/mol. The van der Waals surface area contributed by atoms with E-state index in [1.54, 1.807) is 31.4 Å². The van der Waals surface area contributed by atoms with Crippen LogP contribution in [0.25, 0.3) is 0 Å². The van der Waals surface area contributed by atoms with Gasteiger partial charge in [-0.25, -0.2) is 0 Å². The third-order valence-electron chi connectivity index (χ3n) is 5.42. The summed E-state index contributed by atoms with van der Waals surface area (Å²) in [6, 6.07) is 6.63. The molecule has 0 bridgehead atoms. The zero-order valence-corrected chi connectivity index (χ0v) is 18.3. The number of carbonyl (C=O) groups is 1. The van der Waals surface area contributed by atoms with Crippen molar-refractivity contribution in [1.29, 1.82) is 0 Å². The summed E-state index contributed by atoms with van der Waals surface area (Å²) < 4.78 is 11.0. The smallest absolute Gasteiger partial charge is 0.251 e. The monoisotopic (exact) mass is 451 g/mol. The average Bonchev–Trinajstić information content (AvgIpc) is 3.02. The number of ether oxygens (including phenoxy) is 2. The number of hydrogen-bond acceptors (Lipinski definition) is 7. The maximum absolute atomic E-state index is 12.4. The summed E-state index contributed by atoms with van der Waals surface area (Å²) in [5.41, 5.74) is 0.532. The Morgan fingerprint density at radius 2 is 1.79 bits per heavy atom. The molecule has 0 saturated carbocycles. The highest BCUT2D eigenvalue weighted by atomic mass is 35.5. The van der Waals surface area contributed by atoms with Gasteiger partial charge in [-0.1, -0.05) is 0 Å². The molecule has 10 heteroatoms. The van der Waals surface area contributed by atoms with Crippen molar-refractivity contribution in [2.75, 3.05) is 53.5 Å². The van der Waals surface area contributed by atoms with Crippen molar-refractivity contribution in [2.45, 2.75) is 24.4 Å². The number of amides is 1. The summed E-state index contributed by atoms with van der Waals surface area (Å²) in [4.78, 5) is 16.9. The second-order valence-electron chi connectivity index (χ2n) is 7.15. The highest BCUT2D eigenvalue weighted by Gasteiger charge is 2.46. The minimum atomic E-state index is -0.777. The molecule has 166 valence electrons. The SMILES string of the molecule is COc1ccc(C(=O)NC[C@H]2O[C@@H](CO)[C@@H](O)[C@H]2N2CCN(C)CC2)cc1.Cl.Cl. The van der Waals surface area contributed by atoms with Gasteiger partial charge < -0.3 is 29.9 Å². The molecule has 2 heterocycles. The van der Waals surface area contributed by atoms with Gasteiger partial charge in [0, 0.05) is 38.3 Å². The molecule has 1 amide bonds. The number of hydrogen-bond donors (Lipinski definition) is 3. The molecule has 2 aliphatic rings. The molecule has 8 nitrogen and oxygen atoms in total. The van der Waals surface area contributed by atoms with E-state index in [0.717, 1.165) is 26.2 Å². The summed E-state index contributed by atoms with van der Waals surface area (Å²) in [7, 11) is 3.65. The van der Waals surface area contributed by atoms with Gasteiger partial charge in [0.1, 0.15) is 18.0 Å². The van der Waals surface area contributed by atoms with E-state index in [4.69, 9.17) is 9.47 Å².